The number of rotatable bonds is 6. The van der Waals surface area contributed by atoms with Crippen LogP contribution in [-0.4, -0.2) is 41.5 Å². The summed E-state index contributed by atoms with van der Waals surface area (Å²) < 4.78 is 5.58. The fourth-order valence-corrected chi connectivity index (χ4v) is 3.25. The Morgan fingerprint density at radius 1 is 1.32 bits per heavy atom. The Bertz CT molecular complexity index is 783. The lowest BCUT2D eigenvalue weighted by molar-refractivity contribution is -0.137. The minimum absolute atomic E-state index is 0.0774. The van der Waals surface area contributed by atoms with Gasteiger partial charge in [-0.05, 0) is 31.0 Å². The molecule has 132 valence electrons. The summed E-state index contributed by atoms with van der Waals surface area (Å²) in [5, 5.41) is 8.78. The maximum absolute atomic E-state index is 12.6. The van der Waals surface area contributed by atoms with E-state index in [0.29, 0.717) is 23.9 Å². The molecular formula is C19H22N2O4. The lowest BCUT2D eigenvalue weighted by atomic mass is 10.1. The number of nitrogens with zero attached hydrogens (tertiary/aromatic N) is 2. The van der Waals surface area contributed by atoms with E-state index in [-0.39, 0.29) is 18.9 Å². The summed E-state index contributed by atoms with van der Waals surface area (Å²) in [6.45, 7) is 2.84. The number of hydrogen-bond donors (Lipinski definition) is 1. The molecule has 0 bridgehead atoms. The van der Waals surface area contributed by atoms with Gasteiger partial charge in [-0.3, -0.25) is 9.59 Å². The van der Waals surface area contributed by atoms with Crippen LogP contribution in [0.2, 0.25) is 0 Å². The van der Waals surface area contributed by atoms with Crippen LogP contribution in [0, 0.1) is 0 Å². The molecule has 6 heteroatoms. The van der Waals surface area contributed by atoms with E-state index in [2.05, 4.69) is 24.0 Å². The summed E-state index contributed by atoms with van der Waals surface area (Å²) in [7, 11) is 1.61. The van der Waals surface area contributed by atoms with E-state index < -0.39 is 5.97 Å². The van der Waals surface area contributed by atoms with Crippen LogP contribution in [0.1, 0.15) is 35.0 Å². The predicted octanol–water partition coefficient (Wildman–Crippen LogP) is 2.78. The Labute approximate surface area is 146 Å². The van der Waals surface area contributed by atoms with Gasteiger partial charge in [-0.1, -0.05) is 18.2 Å². The standard InChI is InChI=1S/C19H22N2O4/c1-13-11-14-5-3-4-6-16(14)21(13)12-17-15(8-10-25-17)19(24)20(2)9-7-18(22)23/h3-6,8,10,13H,7,9,11-12H2,1-2H3,(H,22,23)/t13-/m1/s1. The van der Waals surface area contributed by atoms with Crippen molar-refractivity contribution in [2.75, 3.05) is 18.5 Å². The van der Waals surface area contributed by atoms with E-state index in [1.165, 1.54) is 22.4 Å². The molecule has 1 N–H and O–H groups in total. The zero-order valence-electron chi connectivity index (χ0n) is 14.4. The number of fused-ring (bicyclic) bond motifs is 1. The summed E-state index contributed by atoms with van der Waals surface area (Å²) in [5.74, 6) is -0.532. The summed E-state index contributed by atoms with van der Waals surface area (Å²) in [4.78, 5) is 27.0. The van der Waals surface area contributed by atoms with E-state index in [0.717, 1.165) is 6.42 Å². The highest BCUT2D eigenvalue weighted by molar-refractivity contribution is 5.95. The van der Waals surface area contributed by atoms with Crippen LogP contribution in [0.5, 0.6) is 0 Å². The molecule has 1 amide bonds. The van der Waals surface area contributed by atoms with Gasteiger partial charge < -0.3 is 19.3 Å². The molecule has 0 saturated heterocycles. The maximum Gasteiger partial charge on any atom is 0.305 e. The van der Waals surface area contributed by atoms with Crippen LogP contribution in [0.15, 0.2) is 41.0 Å². The fraction of sp³-hybridized carbons (Fsp3) is 0.368. The van der Waals surface area contributed by atoms with Crippen LogP contribution >= 0.6 is 0 Å². The van der Waals surface area contributed by atoms with E-state index in [1.807, 2.05) is 12.1 Å². The average Bonchev–Trinajstić information content (AvgIpc) is 3.17. The van der Waals surface area contributed by atoms with Gasteiger partial charge in [0.1, 0.15) is 5.76 Å². The molecule has 0 unspecified atom stereocenters. The first kappa shape index (κ1) is 17.1. The molecule has 1 aromatic carbocycles. The van der Waals surface area contributed by atoms with Crippen molar-refractivity contribution in [1.82, 2.24) is 4.90 Å². The third-order valence-corrected chi connectivity index (χ3v) is 4.65. The smallest absolute Gasteiger partial charge is 0.305 e. The summed E-state index contributed by atoms with van der Waals surface area (Å²) >= 11 is 0. The lowest BCUT2D eigenvalue weighted by Crippen LogP contribution is -2.32. The Hall–Kier alpha value is -2.76. The van der Waals surface area contributed by atoms with E-state index in [1.54, 1.807) is 13.1 Å². The SMILES string of the molecule is C[C@@H]1Cc2ccccc2N1Cc1occc1C(=O)N(C)CCC(=O)O. The minimum atomic E-state index is -0.922. The first-order valence-corrected chi connectivity index (χ1v) is 8.35. The molecule has 2 aromatic rings. The molecular weight excluding hydrogens is 320 g/mol. The number of carboxylic acid groups (broad SMARTS) is 1. The van der Waals surface area contributed by atoms with Crippen molar-refractivity contribution in [1.29, 1.82) is 0 Å². The van der Waals surface area contributed by atoms with Crippen molar-refractivity contribution in [2.45, 2.75) is 32.4 Å². The average molecular weight is 342 g/mol. The Balaban J connectivity index is 1.76. The van der Waals surface area contributed by atoms with Gasteiger partial charge in [0.15, 0.2) is 0 Å². The number of carbonyl (C=O) groups excluding carboxylic acids is 1. The van der Waals surface area contributed by atoms with Gasteiger partial charge in [0.2, 0.25) is 0 Å². The highest BCUT2D eigenvalue weighted by Crippen LogP contribution is 2.33. The van der Waals surface area contributed by atoms with Gasteiger partial charge in [-0.15, -0.1) is 0 Å². The van der Waals surface area contributed by atoms with Gasteiger partial charge in [-0.25, -0.2) is 0 Å². The number of benzene rings is 1. The Morgan fingerprint density at radius 3 is 2.84 bits per heavy atom. The normalized spacial score (nSPS) is 15.9. The number of furan rings is 1. The summed E-state index contributed by atoms with van der Waals surface area (Å²) in [5.41, 5.74) is 2.96. The van der Waals surface area contributed by atoms with Crippen LogP contribution in [0.25, 0.3) is 0 Å². The van der Waals surface area contributed by atoms with Crippen molar-refractivity contribution in [3.05, 3.63) is 53.5 Å². The second-order valence-corrected chi connectivity index (χ2v) is 6.44. The zero-order chi connectivity index (χ0) is 18.0. The van der Waals surface area contributed by atoms with Gasteiger partial charge in [0, 0.05) is 25.3 Å². The highest BCUT2D eigenvalue weighted by Gasteiger charge is 2.28. The van der Waals surface area contributed by atoms with Crippen molar-refractivity contribution < 1.29 is 19.1 Å². The lowest BCUT2D eigenvalue weighted by Gasteiger charge is -2.24. The molecule has 0 fully saturated rings. The largest absolute Gasteiger partial charge is 0.481 e. The molecule has 0 radical (unpaired) electrons. The van der Waals surface area contributed by atoms with Crippen LogP contribution in [0.3, 0.4) is 0 Å². The highest BCUT2D eigenvalue weighted by atomic mass is 16.4. The number of anilines is 1. The Morgan fingerprint density at radius 2 is 2.08 bits per heavy atom. The number of carbonyl (C=O) groups is 2. The molecule has 1 aliphatic rings. The van der Waals surface area contributed by atoms with Crippen molar-refractivity contribution in [2.24, 2.45) is 0 Å². The van der Waals surface area contributed by atoms with E-state index >= 15 is 0 Å². The number of carboxylic acids is 1. The third-order valence-electron chi connectivity index (χ3n) is 4.65. The molecule has 3 rings (SSSR count). The minimum Gasteiger partial charge on any atom is -0.481 e. The van der Waals surface area contributed by atoms with Crippen molar-refractivity contribution >= 4 is 17.6 Å². The van der Waals surface area contributed by atoms with Gasteiger partial charge in [0.05, 0.1) is 24.8 Å². The molecule has 6 nitrogen and oxygen atoms in total. The summed E-state index contributed by atoms with van der Waals surface area (Å²) in [6, 6.07) is 10.2. The molecule has 2 heterocycles. The Kier molecular flexibility index (Phi) is 4.79. The fourth-order valence-electron chi connectivity index (χ4n) is 3.25. The first-order valence-electron chi connectivity index (χ1n) is 8.35. The molecule has 0 aliphatic carbocycles. The van der Waals surface area contributed by atoms with E-state index in [9.17, 15) is 9.59 Å². The first-order chi connectivity index (χ1) is 12.0. The van der Waals surface area contributed by atoms with Gasteiger partial charge in [0.25, 0.3) is 5.91 Å². The van der Waals surface area contributed by atoms with Crippen LogP contribution in [0.4, 0.5) is 5.69 Å². The van der Waals surface area contributed by atoms with Gasteiger partial charge in [-0.2, -0.15) is 0 Å². The van der Waals surface area contributed by atoms with Crippen LogP contribution in [-0.2, 0) is 17.8 Å². The molecule has 25 heavy (non-hydrogen) atoms. The predicted molar refractivity (Wildman–Crippen MR) is 93.7 cm³/mol. The summed E-state index contributed by atoms with van der Waals surface area (Å²) in [6.07, 6.45) is 2.41. The number of aliphatic carboxylic acids is 1. The molecule has 1 atom stereocenters. The quantitative estimate of drug-likeness (QED) is 0.874. The third kappa shape index (κ3) is 3.52. The molecule has 1 aliphatic heterocycles. The molecule has 0 saturated carbocycles. The van der Waals surface area contributed by atoms with E-state index in [4.69, 9.17) is 9.52 Å². The van der Waals surface area contributed by atoms with Crippen molar-refractivity contribution in [3.8, 4) is 0 Å². The number of amides is 1. The number of hydrogen-bond acceptors (Lipinski definition) is 4. The molecule has 0 spiro atoms. The van der Waals surface area contributed by atoms with Crippen LogP contribution < -0.4 is 4.90 Å². The monoisotopic (exact) mass is 342 g/mol. The molecule has 1 aromatic heterocycles. The number of para-hydroxylation sites is 1. The van der Waals surface area contributed by atoms with Gasteiger partial charge >= 0.3 is 5.97 Å². The second kappa shape index (κ2) is 7.01. The zero-order valence-corrected chi connectivity index (χ0v) is 14.4. The van der Waals surface area contributed by atoms with Crippen molar-refractivity contribution in [3.63, 3.8) is 0 Å². The maximum atomic E-state index is 12.6. The topological polar surface area (TPSA) is 74.0 Å². The second-order valence-electron chi connectivity index (χ2n) is 6.44.